The Labute approximate surface area is 104 Å². The Balaban J connectivity index is 2.02. The van der Waals surface area contributed by atoms with Crippen LogP contribution in [0.15, 0.2) is 0 Å². The first-order valence-corrected chi connectivity index (χ1v) is 7.02. The zero-order chi connectivity index (χ0) is 12.3. The Morgan fingerprint density at radius 3 is 2.47 bits per heavy atom. The molecule has 0 spiro atoms. The van der Waals surface area contributed by atoms with Crippen LogP contribution in [0.4, 0.5) is 0 Å². The fraction of sp³-hybridized carbons (Fsp3) is 0.929. The molecule has 0 amide bonds. The molecule has 0 radical (unpaired) electrons. The number of hydrogen-bond acceptors (Lipinski definition) is 3. The van der Waals surface area contributed by atoms with Crippen LogP contribution in [0.3, 0.4) is 0 Å². The van der Waals surface area contributed by atoms with Gasteiger partial charge in [-0.25, -0.2) is 0 Å². The molecule has 2 saturated carbocycles. The molecule has 98 valence electrons. The Morgan fingerprint density at radius 2 is 1.94 bits per heavy atom. The molecular weight excluding hydrogens is 214 g/mol. The van der Waals surface area contributed by atoms with Gasteiger partial charge < -0.3 is 4.74 Å². The summed E-state index contributed by atoms with van der Waals surface area (Å²) in [6.45, 7) is 2.23. The smallest absolute Gasteiger partial charge is 0.326 e. The lowest BCUT2D eigenvalue weighted by molar-refractivity contribution is -0.149. The summed E-state index contributed by atoms with van der Waals surface area (Å²) in [6, 6.07) is 0.521. The van der Waals surface area contributed by atoms with Gasteiger partial charge in [0.2, 0.25) is 0 Å². The van der Waals surface area contributed by atoms with E-state index in [0.29, 0.717) is 12.0 Å². The Morgan fingerprint density at radius 1 is 1.24 bits per heavy atom. The van der Waals surface area contributed by atoms with E-state index in [0.717, 1.165) is 19.3 Å². The minimum Gasteiger partial charge on any atom is -0.468 e. The second-order valence-corrected chi connectivity index (χ2v) is 5.90. The van der Waals surface area contributed by atoms with Crippen LogP contribution in [0.25, 0.3) is 0 Å². The van der Waals surface area contributed by atoms with Gasteiger partial charge in [-0.05, 0) is 38.0 Å². The molecule has 0 aromatic heterocycles. The van der Waals surface area contributed by atoms with E-state index in [1.807, 2.05) is 0 Å². The van der Waals surface area contributed by atoms with Crippen LogP contribution in [0.1, 0.15) is 58.3 Å². The minimum atomic E-state index is -0.379. The van der Waals surface area contributed by atoms with Crippen molar-refractivity contribution in [1.82, 2.24) is 5.32 Å². The van der Waals surface area contributed by atoms with Gasteiger partial charge in [-0.15, -0.1) is 0 Å². The highest BCUT2D eigenvalue weighted by Crippen LogP contribution is 2.36. The molecule has 2 fully saturated rings. The highest BCUT2D eigenvalue weighted by Gasteiger charge is 2.46. The van der Waals surface area contributed by atoms with E-state index in [4.69, 9.17) is 4.74 Å². The van der Waals surface area contributed by atoms with E-state index in [-0.39, 0.29) is 11.5 Å². The van der Waals surface area contributed by atoms with Gasteiger partial charge in [0.05, 0.1) is 7.11 Å². The fourth-order valence-electron chi connectivity index (χ4n) is 3.50. The lowest BCUT2D eigenvalue weighted by atomic mass is 9.89. The standard InChI is InChI=1S/C14H25NO2/c1-11-8-9-14(10-11,13(16)17-2)15-12-6-4-3-5-7-12/h11-12,15H,3-10H2,1-2H3. The van der Waals surface area contributed by atoms with Crippen molar-refractivity contribution in [2.45, 2.75) is 69.9 Å². The third-order valence-electron chi connectivity index (χ3n) is 4.42. The Bertz CT molecular complexity index is 273. The lowest BCUT2D eigenvalue weighted by Gasteiger charge is -2.34. The van der Waals surface area contributed by atoms with Crippen molar-refractivity contribution in [3.05, 3.63) is 0 Å². The number of ether oxygens (including phenoxy) is 1. The van der Waals surface area contributed by atoms with Crippen LogP contribution in [0, 0.1) is 5.92 Å². The van der Waals surface area contributed by atoms with Gasteiger partial charge in [0, 0.05) is 6.04 Å². The number of esters is 1. The zero-order valence-electron chi connectivity index (χ0n) is 11.1. The van der Waals surface area contributed by atoms with E-state index >= 15 is 0 Å². The van der Waals surface area contributed by atoms with E-state index in [2.05, 4.69) is 12.2 Å². The summed E-state index contributed by atoms with van der Waals surface area (Å²) < 4.78 is 5.03. The number of carbonyl (C=O) groups is 1. The second kappa shape index (κ2) is 5.38. The van der Waals surface area contributed by atoms with Crippen molar-refractivity contribution < 1.29 is 9.53 Å². The predicted molar refractivity (Wildman–Crippen MR) is 67.8 cm³/mol. The molecule has 2 rings (SSSR count). The number of nitrogens with one attached hydrogen (secondary N) is 1. The summed E-state index contributed by atoms with van der Waals surface area (Å²) in [6.07, 6.45) is 9.39. The van der Waals surface area contributed by atoms with Gasteiger partial charge in [-0.2, -0.15) is 0 Å². The average molecular weight is 239 g/mol. The summed E-state index contributed by atoms with van der Waals surface area (Å²) in [5.74, 6) is 0.581. The molecule has 17 heavy (non-hydrogen) atoms. The van der Waals surface area contributed by atoms with E-state index in [1.165, 1.54) is 39.2 Å². The molecule has 2 aliphatic rings. The third-order valence-corrected chi connectivity index (χ3v) is 4.42. The van der Waals surface area contributed by atoms with Crippen LogP contribution >= 0.6 is 0 Å². The molecule has 0 heterocycles. The molecule has 2 unspecified atom stereocenters. The number of methoxy groups -OCH3 is 1. The van der Waals surface area contributed by atoms with Crippen LogP contribution in [-0.2, 0) is 9.53 Å². The van der Waals surface area contributed by atoms with Gasteiger partial charge >= 0.3 is 5.97 Å². The summed E-state index contributed by atoms with van der Waals surface area (Å²) >= 11 is 0. The van der Waals surface area contributed by atoms with E-state index in [9.17, 15) is 4.79 Å². The molecular formula is C14H25NO2. The first-order valence-electron chi connectivity index (χ1n) is 7.02. The average Bonchev–Trinajstić information content (AvgIpc) is 2.72. The molecule has 3 heteroatoms. The predicted octanol–water partition coefficient (Wildman–Crippen LogP) is 2.64. The van der Waals surface area contributed by atoms with Crippen molar-refractivity contribution in [3.63, 3.8) is 0 Å². The SMILES string of the molecule is COC(=O)C1(NC2CCCCC2)CCC(C)C1. The van der Waals surface area contributed by atoms with Crippen LogP contribution in [0.5, 0.6) is 0 Å². The maximum Gasteiger partial charge on any atom is 0.326 e. The number of rotatable bonds is 3. The Hall–Kier alpha value is -0.570. The van der Waals surface area contributed by atoms with Crippen LogP contribution in [-0.4, -0.2) is 24.7 Å². The molecule has 0 bridgehead atoms. The van der Waals surface area contributed by atoms with Crippen molar-refractivity contribution in [2.75, 3.05) is 7.11 Å². The first-order chi connectivity index (χ1) is 8.16. The lowest BCUT2D eigenvalue weighted by Crippen LogP contribution is -2.55. The molecule has 1 N–H and O–H groups in total. The van der Waals surface area contributed by atoms with Gasteiger partial charge in [0.1, 0.15) is 5.54 Å². The highest BCUT2D eigenvalue weighted by atomic mass is 16.5. The van der Waals surface area contributed by atoms with E-state index < -0.39 is 0 Å². The highest BCUT2D eigenvalue weighted by molar-refractivity contribution is 5.81. The second-order valence-electron chi connectivity index (χ2n) is 5.90. The van der Waals surface area contributed by atoms with Gasteiger partial charge in [-0.3, -0.25) is 10.1 Å². The monoisotopic (exact) mass is 239 g/mol. The van der Waals surface area contributed by atoms with Gasteiger partial charge in [0.25, 0.3) is 0 Å². The quantitative estimate of drug-likeness (QED) is 0.769. The van der Waals surface area contributed by atoms with E-state index in [1.54, 1.807) is 0 Å². The van der Waals surface area contributed by atoms with Crippen LogP contribution < -0.4 is 5.32 Å². The van der Waals surface area contributed by atoms with Gasteiger partial charge in [0.15, 0.2) is 0 Å². The fourth-order valence-corrected chi connectivity index (χ4v) is 3.50. The maximum absolute atomic E-state index is 12.1. The maximum atomic E-state index is 12.1. The Kier molecular flexibility index (Phi) is 4.08. The largest absolute Gasteiger partial charge is 0.468 e. The first kappa shape index (κ1) is 12.9. The number of hydrogen-bond donors (Lipinski definition) is 1. The summed E-state index contributed by atoms with van der Waals surface area (Å²) in [5.41, 5.74) is -0.379. The van der Waals surface area contributed by atoms with Crippen molar-refractivity contribution >= 4 is 5.97 Å². The topological polar surface area (TPSA) is 38.3 Å². The third kappa shape index (κ3) is 2.82. The molecule has 0 aromatic rings. The van der Waals surface area contributed by atoms with Crippen molar-refractivity contribution in [1.29, 1.82) is 0 Å². The summed E-state index contributed by atoms with van der Waals surface area (Å²) in [4.78, 5) is 12.1. The zero-order valence-corrected chi connectivity index (χ0v) is 11.1. The van der Waals surface area contributed by atoms with Crippen molar-refractivity contribution in [2.24, 2.45) is 5.92 Å². The van der Waals surface area contributed by atoms with Gasteiger partial charge in [-0.1, -0.05) is 26.2 Å². The van der Waals surface area contributed by atoms with Crippen molar-refractivity contribution in [3.8, 4) is 0 Å². The molecule has 3 nitrogen and oxygen atoms in total. The summed E-state index contributed by atoms with van der Waals surface area (Å²) in [7, 11) is 1.51. The minimum absolute atomic E-state index is 0.0487. The normalized spacial score (nSPS) is 34.8. The molecule has 0 saturated heterocycles. The molecule has 0 aromatic carbocycles. The number of carbonyl (C=O) groups excluding carboxylic acids is 1. The molecule has 2 aliphatic carbocycles. The van der Waals surface area contributed by atoms with Crippen LogP contribution in [0.2, 0.25) is 0 Å². The molecule has 2 atom stereocenters. The molecule has 0 aliphatic heterocycles. The summed E-state index contributed by atoms with van der Waals surface area (Å²) in [5, 5.41) is 3.64.